The van der Waals surface area contributed by atoms with Gasteiger partial charge in [0, 0.05) is 13.2 Å². The van der Waals surface area contributed by atoms with Crippen LogP contribution < -0.4 is 16.0 Å². The summed E-state index contributed by atoms with van der Waals surface area (Å²) in [6, 6.07) is 6.41. The Bertz CT molecular complexity index is 473. The highest BCUT2D eigenvalue weighted by Crippen LogP contribution is 2.22. The lowest BCUT2D eigenvalue weighted by atomic mass is 10.2. The molecule has 0 aliphatic carbocycles. The third-order valence-electron chi connectivity index (χ3n) is 2.09. The number of nitriles is 1. The largest absolute Gasteiger partial charge is 0.478 e. The van der Waals surface area contributed by atoms with Crippen molar-refractivity contribution in [2.75, 3.05) is 13.7 Å². The molecule has 1 aromatic carbocycles. The Hall–Kier alpha value is -1.81. The van der Waals surface area contributed by atoms with Crippen LogP contribution in [-0.4, -0.2) is 25.7 Å². The normalized spacial score (nSPS) is 11.4. The number of hydrogen-bond acceptors (Lipinski definition) is 5. The Kier molecular flexibility index (Phi) is 5.39. The molecular weight excluding hydrogens is 258 g/mol. The van der Waals surface area contributed by atoms with E-state index >= 15 is 0 Å². The molecule has 96 valence electrons. The molecule has 0 fully saturated rings. The number of rotatable bonds is 5. The van der Waals surface area contributed by atoms with Crippen molar-refractivity contribution >= 4 is 17.5 Å². The van der Waals surface area contributed by atoms with Gasteiger partial charge in [-0.1, -0.05) is 11.6 Å². The highest BCUT2D eigenvalue weighted by molar-refractivity contribution is 6.31. The first-order chi connectivity index (χ1) is 8.62. The zero-order valence-corrected chi connectivity index (χ0v) is 10.4. The number of carbonyl (C=O) groups excluding carboxylic acids is 1. The fourth-order valence-corrected chi connectivity index (χ4v) is 1.44. The number of benzene rings is 1. The highest BCUT2D eigenvalue weighted by atomic mass is 35.5. The lowest BCUT2D eigenvalue weighted by Crippen LogP contribution is -2.44. The SMILES string of the molecule is COCC(Oc1ccc(C#N)c(Cl)c1)C(=O)NN. The molecule has 1 rings (SSSR count). The summed E-state index contributed by atoms with van der Waals surface area (Å²) in [5.41, 5.74) is 2.31. The minimum atomic E-state index is -0.885. The molecule has 7 heteroatoms. The van der Waals surface area contributed by atoms with E-state index in [-0.39, 0.29) is 11.6 Å². The zero-order valence-electron chi connectivity index (χ0n) is 9.64. The first-order valence-electron chi connectivity index (χ1n) is 4.98. The van der Waals surface area contributed by atoms with Gasteiger partial charge in [0.05, 0.1) is 17.2 Å². The van der Waals surface area contributed by atoms with E-state index in [1.807, 2.05) is 11.5 Å². The average Bonchev–Trinajstić information content (AvgIpc) is 2.37. The van der Waals surface area contributed by atoms with Gasteiger partial charge in [0.15, 0.2) is 0 Å². The number of halogens is 1. The van der Waals surface area contributed by atoms with Crippen molar-refractivity contribution in [1.82, 2.24) is 5.43 Å². The Morgan fingerprint density at radius 2 is 2.39 bits per heavy atom. The number of hydrogen-bond donors (Lipinski definition) is 2. The van der Waals surface area contributed by atoms with Crippen molar-refractivity contribution in [3.8, 4) is 11.8 Å². The van der Waals surface area contributed by atoms with Crippen LogP contribution in [0.5, 0.6) is 5.75 Å². The number of ether oxygens (including phenoxy) is 2. The molecule has 0 spiro atoms. The summed E-state index contributed by atoms with van der Waals surface area (Å²) in [6.07, 6.45) is -0.885. The second-order valence-corrected chi connectivity index (χ2v) is 3.73. The zero-order chi connectivity index (χ0) is 13.5. The van der Waals surface area contributed by atoms with E-state index in [0.717, 1.165) is 0 Å². The molecule has 0 saturated carbocycles. The molecule has 1 unspecified atom stereocenters. The molecule has 0 bridgehead atoms. The monoisotopic (exact) mass is 269 g/mol. The molecule has 18 heavy (non-hydrogen) atoms. The molecular formula is C11H12ClN3O3. The van der Waals surface area contributed by atoms with E-state index in [4.69, 9.17) is 32.2 Å². The van der Waals surface area contributed by atoms with Gasteiger partial charge >= 0.3 is 0 Å². The van der Waals surface area contributed by atoms with E-state index in [0.29, 0.717) is 11.3 Å². The summed E-state index contributed by atoms with van der Waals surface area (Å²) >= 11 is 5.84. The standard InChI is InChI=1S/C11H12ClN3O3/c1-17-6-10(11(16)15-14)18-8-3-2-7(5-13)9(12)4-8/h2-4,10H,6,14H2,1H3,(H,15,16). The van der Waals surface area contributed by atoms with E-state index in [1.165, 1.54) is 25.3 Å². The summed E-state index contributed by atoms with van der Waals surface area (Å²) in [5, 5.41) is 8.98. The van der Waals surface area contributed by atoms with Gasteiger partial charge in [0.1, 0.15) is 11.8 Å². The maximum absolute atomic E-state index is 11.4. The molecule has 1 aromatic rings. The number of nitrogens with zero attached hydrogens (tertiary/aromatic N) is 1. The number of carbonyl (C=O) groups is 1. The lowest BCUT2D eigenvalue weighted by Gasteiger charge is -2.16. The smallest absolute Gasteiger partial charge is 0.277 e. The van der Waals surface area contributed by atoms with Gasteiger partial charge in [-0.15, -0.1) is 0 Å². The lowest BCUT2D eigenvalue weighted by molar-refractivity contribution is -0.130. The predicted octanol–water partition coefficient (Wildman–Crippen LogP) is 0.595. The van der Waals surface area contributed by atoms with Crippen molar-refractivity contribution in [2.45, 2.75) is 6.10 Å². The van der Waals surface area contributed by atoms with Crippen LogP contribution in [0.4, 0.5) is 0 Å². The van der Waals surface area contributed by atoms with Gasteiger partial charge in [-0.05, 0) is 12.1 Å². The van der Waals surface area contributed by atoms with Gasteiger partial charge < -0.3 is 9.47 Å². The Labute approximate surface area is 109 Å². The molecule has 0 radical (unpaired) electrons. The van der Waals surface area contributed by atoms with Gasteiger partial charge in [0.25, 0.3) is 5.91 Å². The van der Waals surface area contributed by atoms with Crippen molar-refractivity contribution in [2.24, 2.45) is 5.84 Å². The van der Waals surface area contributed by atoms with E-state index < -0.39 is 12.0 Å². The molecule has 1 atom stereocenters. The quantitative estimate of drug-likeness (QED) is 0.463. The van der Waals surface area contributed by atoms with E-state index in [1.54, 1.807) is 0 Å². The second kappa shape index (κ2) is 6.81. The molecule has 6 nitrogen and oxygen atoms in total. The molecule has 1 amide bonds. The number of nitrogens with two attached hydrogens (primary N) is 1. The molecule has 0 aliphatic heterocycles. The van der Waals surface area contributed by atoms with Crippen molar-refractivity contribution in [1.29, 1.82) is 5.26 Å². The van der Waals surface area contributed by atoms with Crippen LogP contribution in [0.25, 0.3) is 0 Å². The minimum Gasteiger partial charge on any atom is -0.478 e. The molecule has 0 aromatic heterocycles. The van der Waals surface area contributed by atoms with Crippen LogP contribution in [0.2, 0.25) is 5.02 Å². The van der Waals surface area contributed by atoms with Crippen LogP contribution in [0.3, 0.4) is 0 Å². The van der Waals surface area contributed by atoms with Gasteiger partial charge in [-0.2, -0.15) is 5.26 Å². The number of methoxy groups -OCH3 is 1. The van der Waals surface area contributed by atoms with Crippen LogP contribution in [0, 0.1) is 11.3 Å². The maximum Gasteiger partial charge on any atom is 0.277 e. The highest BCUT2D eigenvalue weighted by Gasteiger charge is 2.19. The summed E-state index contributed by atoms with van der Waals surface area (Å²) < 4.78 is 10.2. The van der Waals surface area contributed by atoms with Crippen LogP contribution in [0.15, 0.2) is 18.2 Å². The summed E-state index contributed by atoms with van der Waals surface area (Å²) in [5.74, 6) is 4.86. The topological polar surface area (TPSA) is 97.4 Å². The van der Waals surface area contributed by atoms with Crippen LogP contribution in [0.1, 0.15) is 5.56 Å². The first kappa shape index (κ1) is 14.3. The van der Waals surface area contributed by atoms with Gasteiger partial charge in [0.2, 0.25) is 6.10 Å². The Morgan fingerprint density at radius 3 is 2.89 bits per heavy atom. The third-order valence-corrected chi connectivity index (χ3v) is 2.40. The minimum absolute atomic E-state index is 0.0423. The predicted molar refractivity (Wildman–Crippen MR) is 64.8 cm³/mol. The average molecular weight is 270 g/mol. The van der Waals surface area contributed by atoms with E-state index in [2.05, 4.69) is 0 Å². The fourth-order valence-electron chi connectivity index (χ4n) is 1.23. The fraction of sp³-hybridized carbons (Fsp3) is 0.273. The molecule has 3 N–H and O–H groups in total. The molecule has 0 saturated heterocycles. The van der Waals surface area contributed by atoms with Gasteiger partial charge in [-0.3, -0.25) is 10.2 Å². The summed E-state index contributed by atoms with van der Waals surface area (Å²) in [4.78, 5) is 11.4. The molecule has 0 aliphatic rings. The number of amides is 1. The summed E-state index contributed by atoms with van der Waals surface area (Å²) in [6.45, 7) is 0.0423. The number of hydrazine groups is 1. The summed E-state index contributed by atoms with van der Waals surface area (Å²) in [7, 11) is 1.44. The van der Waals surface area contributed by atoms with Crippen LogP contribution in [-0.2, 0) is 9.53 Å². The van der Waals surface area contributed by atoms with Gasteiger partial charge in [-0.25, -0.2) is 5.84 Å². The van der Waals surface area contributed by atoms with Crippen LogP contribution >= 0.6 is 11.6 Å². The Balaban J connectivity index is 2.84. The Morgan fingerprint density at radius 1 is 1.67 bits per heavy atom. The first-order valence-corrected chi connectivity index (χ1v) is 5.36. The number of nitrogens with one attached hydrogen (secondary N) is 1. The molecule has 0 heterocycles. The third kappa shape index (κ3) is 3.60. The maximum atomic E-state index is 11.4. The van der Waals surface area contributed by atoms with Crippen molar-refractivity contribution in [3.63, 3.8) is 0 Å². The van der Waals surface area contributed by atoms with E-state index in [9.17, 15) is 4.79 Å². The van der Waals surface area contributed by atoms with Crippen molar-refractivity contribution in [3.05, 3.63) is 28.8 Å². The second-order valence-electron chi connectivity index (χ2n) is 3.32. The van der Waals surface area contributed by atoms with Crippen molar-refractivity contribution < 1.29 is 14.3 Å².